The first-order chi connectivity index (χ1) is 8.43. The first kappa shape index (κ1) is 9.59. The predicted octanol–water partition coefficient (Wildman–Crippen LogP) is 1.84. The summed E-state index contributed by atoms with van der Waals surface area (Å²) in [7, 11) is 0. The van der Waals surface area contributed by atoms with Crippen molar-refractivity contribution in [1.82, 2.24) is 19.9 Å². The van der Waals surface area contributed by atoms with Crippen LogP contribution in [0.2, 0.25) is 0 Å². The van der Waals surface area contributed by atoms with Gasteiger partial charge in [-0.25, -0.2) is 9.97 Å². The summed E-state index contributed by atoms with van der Waals surface area (Å²) >= 11 is 0. The van der Waals surface area contributed by atoms with Crippen LogP contribution in [0, 0.1) is 0 Å². The summed E-state index contributed by atoms with van der Waals surface area (Å²) in [5.74, 6) is 0.614. The Balaban J connectivity index is 1.86. The lowest BCUT2D eigenvalue weighted by Crippen LogP contribution is -2.08. The van der Waals surface area contributed by atoms with E-state index in [1.54, 1.807) is 0 Å². The van der Waals surface area contributed by atoms with Crippen molar-refractivity contribution in [3.05, 3.63) is 24.2 Å². The molecule has 0 bridgehead atoms. The minimum atomic E-state index is 0.614. The van der Waals surface area contributed by atoms with Crippen LogP contribution in [-0.4, -0.2) is 27.6 Å². The standard InChI is InChI=1S/C13H16N4/c1-2-10(1)17-8-16-12-11(4-6-15-13(12)17)9-3-5-14-7-9/h4,6,8-10,14H,1-3,5,7H2. The van der Waals surface area contributed by atoms with Crippen molar-refractivity contribution >= 4 is 11.2 Å². The zero-order chi connectivity index (χ0) is 11.2. The maximum Gasteiger partial charge on any atom is 0.160 e. The lowest BCUT2D eigenvalue weighted by molar-refractivity contribution is 0.755. The largest absolute Gasteiger partial charge is 0.316 e. The zero-order valence-corrected chi connectivity index (χ0v) is 9.76. The van der Waals surface area contributed by atoms with Gasteiger partial charge in [-0.2, -0.15) is 0 Å². The Labute approximate surface area is 100 Å². The molecule has 1 aliphatic heterocycles. The maximum absolute atomic E-state index is 4.60. The number of fused-ring (bicyclic) bond motifs is 1. The molecule has 1 aliphatic carbocycles. The van der Waals surface area contributed by atoms with E-state index in [0.717, 1.165) is 24.3 Å². The first-order valence-corrected chi connectivity index (χ1v) is 6.45. The number of hydrogen-bond donors (Lipinski definition) is 1. The topological polar surface area (TPSA) is 42.7 Å². The molecular formula is C13H16N4. The van der Waals surface area contributed by atoms with Gasteiger partial charge in [-0.15, -0.1) is 0 Å². The van der Waals surface area contributed by atoms with Crippen molar-refractivity contribution in [2.45, 2.75) is 31.2 Å². The molecule has 4 nitrogen and oxygen atoms in total. The van der Waals surface area contributed by atoms with Gasteiger partial charge in [0.25, 0.3) is 0 Å². The smallest absolute Gasteiger partial charge is 0.160 e. The van der Waals surface area contributed by atoms with Crippen LogP contribution in [0.15, 0.2) is 18.6 Å². The number of nitrogens with zero attached hydrogens (tertiary/aromatic N) is 3. The van der Waals surface area contributed by atoms with Gasteiger partial charge in [0, 0.05) is 18.8 Å². The molecule has 2 aliphatic rings. The molecule has 0 amide bonds. The van der Waals surface area contributed by atoms with Gasteiger partial charge in [0.05, 0.1) is 6.33 Å². The molecule has 1 atom stereocenters. The monoisotopic (exact) mass is 228 g/mol. The van der Waals surface area contributed by atoms with Crippen LogP contribution >= 0.6 is 0 Å². The number of rotatable bonds is 2. The van der Waals surface area contributed by atoms with Crippen LogP contribution in [-0.2, 0) is 0 Å². The number of nitrogens with one attached hydrogen (secondary N) is 1. The van der Waals surface area contributed by atoms with E-state index in [2.05, 4.69) is 25.9 Å². The van der Waals surface area contributed by atoms with Gasteiger partial charge in [-0.05, 0) is 43.4 Å². The molecule has 1 unspecified atom stereocenters. The van der Waals surface area contributed by atoms with Gasteiger partial charge in [-0.1, -0.05) is 0 Å². The molecule has 4 heteroatoms. The van der Waals surface area contributed by atoms with Crippen molar-refractivity contribution in [1.29, 1.82) is 0 Å². The average molecular weight is 228 g/mol. The summed E-state index contributed by atoms with van der Waals surface area (Å²) < 4.78 is 2.25. The lowest BCUT2D eigenvalue weighted by Gasteiger charge is -2.09. The molecule has 1 N–H and O–H groups in total. The Morgan fingerprint density at radius 3 is 2.94 bits per heavy atom. The molecule has 88 valence electrons. The van der Waals surface area contributed by atoms with Gasteiger partial charge >= 0.3 is 0 Å². The van der Waals surface area contributed by atoms with E-state index in [4.69, 9.17) is 0 Å². The summed E-state index contributed by atoms with van der Waals surface area (Å²) in [6.45, 7) is 2.20. The summed E-state index contributed by atoms with van der Waals surface area (Å²) in [6, 6.07) is 2.80. The SMILES string of the molecule is c1cc(C2CCNC2)c2ncn(C3CC3)c2n1. The highest BCUT2D eigenvalue weighted by Gasteiger charge is 2.27. The van der Waals surface area contributed by atoms with Crippen molar-refractivity contribution in [3.63, 3.8) is 0 Å². The first-order valence-electron chi connectivity index (χ1n) is 6.45. The molecule has 0 spiro atoms. The molecule has 0 radical (unpaired) electrons. The lowest BCUT2D eigenvalue weighted by atomic mass is 9.99. The summed E-state index contributed by atoms with van der Waals surface area (Å²) in [4.78, 5) is 9.11. The van der Waals surface area contributed by atoms with E-state index in [9.17, 15) is 0 Å². The van der Waals surface area contributed by atoms with Crippen molar-refractivity contribution in [3.8, 4) is 0 Å². The molecule has 1 saturated carbocycles. The molecule has 17 heavy (non-hydrogen) atoms. The van der Waals surface area contributed by atoms with Gasteiger partial charge in [0.15, 0.2) is 5.65 Å². The Morgan fingerprint density at radius 1 is 1.24 bits per heavy atom. The second-order valence-electron chi connectivity index (χ2n) is 5.15. The number of imidazole rings is 1. The Hall–Kier alpha value is -1.42. The van der Waals surface area contributed by atoms with Gasteiger partial charge < -0.3 is 9.88 Å². The Bertz CT molecular complexity index is 550. The molecule has 2 fully saturated rings. The second kappa shape index (κ2) is 3.53. The highest BCUT2D eigenvalue weighted by atomic mass is 15.1. The highest BCUT2D eigenvalue weighted by molar-refractivity contribution is 5.75. The summed E-state index contributed by atoms with van der Waals surface area (Å²) in [6.07, 6.45) is 7.69. The molecule has 2 aromatic heterocycles. The normalized spacial score (nSPS) is 24.6. The molecule has 3 heterocycles. The van der Waals surface area contributed by atoms with E-state index in [1.165, 1.54) is 24.8 Å². The third-order valence-corrected chi connectivity index (χ3v) is 3.93. The molecular weight excluding hydrogens is 212 g/mol. The van der Waals surface area contributed by atoms with Crippen LogP contribution in [0.25, 0.3) is 11.2 Å². The highest BCUT2D eigenvalue weighted by Crippen LogP contribution is 2.37. The third kappa shape index (κ3) is 1.47. The minimum Gasteiger partial charge on any atom is -0.316 e. The fraction of sp³-hybridized carbons (Fsp3) is 0.538. The van der Waals surface area contributed by atoms with Crippen molar-refractivity contribution in [2.24, 2.45) is 0 Å². The van der Waals surface area contributed by atoms with E-state index in [0.29, 0.717) is 12.0 Å². The van der Waals surface area contributed by atoms with Crippen LogP contribution in [0.4, 0.5) is 0 Å². The molecule has 4 rings (SSSR count). The van der Waals surface area contributed by atoms with Crippen molar-refractivity contribution < 1.29 is 0 Å². The fourth-order valence-electron chi connectivity index (χ4n) is 2.82. The summed E-state index contributed by atoms with van der Waals surface area (Å²) in [5, 5.41) is 3.42. The second-order valence-corrected chi connectivity index (χ2v) is 5.15. The average Bonchev–Trinajstić information content (AvgIpc) is 2.93. The van der Waals surface area contributed by atoms with E-state index in [1.807, 2.05) is 12.5 Å². The van der Waals surface area contributed by atoms with Crippen LogP contribution in [0.5, 0.6) is 0 Å². The van der Waals surface area contributed by atoms with E-state index < -0.39 is 0 Å². The minimum absolute atomic E-state index is 0.614. The van der Waals surface area contributed by atoms with Crippen LogP contribution < -0.4 is 5.32 Å². The molecule has 1 saturated heterocycles. The Morgan fingerprint density at radius 2 is 2.18 bits per heavy atom. The van der Waals surface area contributed by atoms with Crippen LogP contribution in [0.3, 0.4) is 0 Å². The van der Waals surface area contributed by atoms with E-state index in [-0.39, 0.29) is 0 Å². The quantitative estimate of drug-likeness (QED) is 0.853. The maximum atomic E-state index is 4.60. The Kier molecular flexibility index (Phi) is 1.99. The third-order valence-electron chi connectivity index (χ3n) is 3.93. The van der Waals surface area contributed by atoms with Gasteiger partial charge in [0.1, 0.15) is 5.52 Å². The molecule has 0 aromatic carbocycles. The fourth-order valence-corrected chi connectivity index (χ4v) is 2.82. The van der Waals surface area contributed by atoms with Gasteiger partial charge in [-0.3, -0.25) is 0 Å². The van der Waals surface area contributed by atoms with Gasteiger partial charge in [0.2, 0.25) is 0 Å². The van der Waals surface area contributed by atoms with Crippen LogP contribution in [0.1, 0.15) is 36.8 Å². The number of aromatic nitrogens is 3. The number of pyridine rings is 1. The van der Waals surface area contributed by atoms with E-state index >= 15 is 0 Å². The summed E-state index contributed by atoms with van der Waals surface area (Å²) in [5.41, 5.74) is 3.57. The zero-order valence-electron chi connectivity index (χ0n) is 9.76. The van der Waals surface area contributed by atoms with Crippen molar-refractivity contribution in [2.75, 3.05) is 13.1 Å². The number of hydrogen-bond acceptors (Lipinski definition) is 3. The predicted molar refractivity (Wildman–Crippen MR) is 66.0 cm³/mol. The molecule has 2 aromatic rings.